The van der Waals surface area contributed by atoms with Crippen LogP contribution in [0.15, 0.2) is 43.0 Å². The van der Waals surface area contributed by atoms with E-state index in [1.54, 1.807) is 36.0 Å². The van der Waals surface area contributed by atoms with Gasteiger partial charge in [-0.05, 0) is 30.5 Å². The van der Waals surface area contributed by atoms with Gasteiger partial charge in [0.05, 0.1) is 18.5 Å². The molecule has 4 nitrogen and oxygen atoms in total. The summed E-state index contributed by atoms with van der Waals surface area (Å²) in [4.78, 5) is 0. The lowest BCUT2D eigenvalue weighted by Gasteiger charge is -2.16. The Balaban J connectivity index is 2.41. The smallest absolute Gasteiger partial charge is 0.143 e. The van der Waals surface area contributed by atoms with E-state index in [4.69, 9.17) is 15.9 Å². The van der Waals surface area contributed by atoms with E-state index < -0.39 is 5.82 Å². The topological polar surface area (TPSA) is 71.1 Å². The second kappa shape index (κ2) is 8.58. The molecule has 132 valence electrons. The average molecular weight is 359 g/mol. The standard InChI is InChI=1S/C19H22FN3OS/c1-12(23-7-8-25-3)14-10-16(19(22)17(11-14)24-2)18(21)13-5-4-6-15(20)9-13/h4-6,9-11,21,23H,1,7-8,22H2,2-3H3. The maximum absolute atomic E-state index is 13.5. The van der Waals surface area contributed by atoms with Crippen LogP contribution in [-0.4, -0.2) is 31.4 Å². The molecule has 0 heterocycles. The molecule has 6 heteroatoms. The molecule has 0 atom stereocenters. The largest absolute Gasteiger partial charge is 0.495 e. The number of rotatable bonds is 8. The number of anilines is 1. The molecule has 2 aromatic rings. The number of hydrogen-bond donors (Lipinski definition) is 3. The van der Waals surface area contributed by atoms with Crippen molar-refractivity contribution >= 4 is 28.9 Å². The summed E-state index contributed by atoms with van der Waals surface area (Å²) >= 11 is 1.74. The lowest BCUT2D eigenvalue weighted by Crippen LogP contribution is -2.16. The van der Waals surface area contributed by atoms with E-state index >= 15 is 0 Å². The fourth-order valence-corrected chi connectivity index (χ4v) is 2.69. The Kier molecular flexibility index (Phi) is 6.47. The fourth-order valence-electron chi connectivity index (χ4n) is 2.38. The Labute approximate surface area is 151 Å². The maximum Gasteiger partial charge on any atom is 0.143 e. The van der Waals surface area contributed by atoms with E-state index in [0.717, 1.165) is 23.6 Å². The van der Waals surface area contributed by atoms with Gasteiger partial charge in [0.1, 0.15) is 11.6 Å². The Morgan fingerprint density at radius 1 is 1.32 bits per heavy atom. The molecule has 0 amide bonds. The molecule has 0 aliphatic carbocycles. The van der Waals surface area contributed by atoms with Gasteiger partial charge in [-0.2, -0.15) is 11.8 Å². The van der Waals surface area contributed by atoms with Crippen LogP contribution in [0.4, 0.5) is 10.1 Å². The number of thioether (sulfide) groups is 1. The zero-order valence-electron chi connectivity index (χ0n) is 14.4. The van der Waals surface area contributed by atoms with Gasteiger partial charge in [0.2, 0.25) is 0 Å². The first-order valence-electron chi connectivity index (χ1n) is 7.72. The third-order valence-electron chi connectivity index (χ3n) is 3.74. The van der Waals surface area contributed by atoms with E-state index in [1.807, 2.05) is 6.26 Å². The molecule has 0 aliphatic heterocycles. The summed E-state index contributed by atoms with van der Waals surface area (Å²) in [5, 5.41) is 11.7. The summed E-state index contributed by atoms with van der Waals surface area (Å²) in [6.07, 6.45) is 2.04. The molecule has 2 aromatic carbocycles. The second-order valence-corrected chi connectivity index (χ2v) is 6.41. The van der Waals surface area contributed by atoms with Gasteiger partial charge in [0.25, 0.3) is 0 Å². The summed E-state index contributed by atoms with van der Waals surface area (Å²) in [6, 6.07) is 9.46. The zero-order chi connectivity index (χ0) is 18.4. The van der Waals surface area contributed by atoms with Crippen LogP contribution in [0, 0.1) is 11.2 Å². The molecule has 2 rings (SSSR count). The highest BCUT2D eigenvalue weighted by molar-refractivity contribution is 7.98. The van der Waals surface area contributed by atoms with Gasteiger partial charge in [0.15, 0.2) is 0 Å². The Morgan fingerprint density at radius 2 is 2.08 bits per heavy atom. The van der Waals surface area contributed by atoms with Gasteiger partial charge in [0, 0.05) is 34.7 Å². The van der Waals surface area contributed by atoms with Gasteiger partial charge in [-0.15, -0.1) is 0 Å². The number of nitrogens with two attached hydrogens (primary N) is 1. The van der Waals surface area contributed by atoms with Crippen LogP contribution in [0.5, 0.6) is 5.75 Å². The van der Waals surface area contributed by atoms with Crippen LogP contribution < -0.4 is 15.8 Å². The monoisotopic (exact) mass is 359 g/mol. The van der Waals surface area contributed by atoms with Crippen molar-refractivity contribution < 1.29 is 9.13 Å². The summed E-state index contributed by atoms with van der Waals surface area (Å²) in [5.74, 6) is 1.02. The first-order chi connectivity index (χ1) is 12.0. The maximum atomic E-state index is 13.5. The lowest BCUT2D eigenvalue weighted by atomic mass is 9.97. The number of ether oxygens (including phenoxy) is 1. The van der Waals surface area contributed by atoms with Crippen molar-refractivity contribution in [2.24, 2.45) is 0 Å². The number of nitrogens with one attached hydrogen (secondary N) is 2. The number of nitrogen functional groups attached to an aromatic ring is 1. The SMILES string of the molecule is C=C(NCCSC)c1cc(OC)c(N)c(C(=N)c2cccc(F)c2)c1. The summed E-state index contributed by atoms with van der Waals surface area (Å²) < 4.78 is 18.8. The molecule has 0 radical (unpaired) electrons. The van der Waals surface area contributed by atoms with Crippen molar-refractivity contribution in [3.05, 3.63) is 65.5 Å². The minimum Gasteiger partial charge on any atom is -0.495 e. The molecule has 0 aliphatic rings. The van der Waals surface area contributed by atoms with Crippen molar-refractivity contribution in [3.8, 4) is 5.75 Å². The number of hydrogen-bond acceptors (Lipinski definition) is 5. The van der Waals surface area contributed by atoms with Crippen LogP contribution in [0.25, 0.3) is 5.70 Å². The quantitative estimate of drug-likeness (QED) is 0.381. The molecular weight excluding hydrogens is 337 g/mol. The van der Waals surface area contributed by atoms with E-state index in [1.165, 1.54) is 19.2 Å². The highest BCUT2D eigenvalue weighted by atomic mass is 32.2. The van der Waals surface area contributed by atoms with E-state index in [2.05, 4.69) is 11.9 Å². The van der Waals surface area contributed by atoms with Gasteiger partial charge in [-0.25, -0.2) is 4.39 Å². The highest BCUT2D eigenvalue weighted by Crippen LogP contribution is 2.31. The normalized spacial score (nSPS) is 10.4. The second-order valence-electron chi connectivity index (χ2n) is 5.42. The van der Waals surface area contributed by atoms with Gasteiger partial charge < -0.3 is 15.8 Å². The minimum absolute atomic E-state index is 0.133. The molecule has 25 heavy (non-hydrogen) atoms. The number of benzene rings is 2. The first kappa shape index (κ1) is 18.9. The molecule has 0 spiro atoms. The zero-order valence-corrected chi connectivity index (χ0v) is 15.2. The summed E-state index contributed by atoms with van der Waals surface area (Å²) in [6.45, 7) is 4.82. The molecule has 0 saturated heterocycles. The van der Waals surface area contributed by atoms with E-state index in [0.29, 0.717) is 22.6 Å². The lowest BCUT2D eigenvalue weighted by molar-refractivity contribution is 0.417. The van der Waals surface area contributed by atoms with Crippen LogP contribution in [0.2, 0.25) is 0 Å². The third kappa shape index (κ3) is 4.54. The van der Waals surface area contributed by atoms with Crippen LogP contribution in [0.1, 0.15) is 16.7 Å². The molecule has 4 N–H and O–H groups in total. The van der Waals surface area contributed by atoms with Gasteiger partial charge in [-0.3, -0.25) is 5.41 Å². The van der Waals surface area contributed by atoms with Gasteiger partial charge >= 0.3 is 0 Å². The number of methoxy groups -OCH3 is 1. The van der Waals surface area contributed by atoms with Crippen molar-refractivity contribution in [3.63, 3.8) is 0 Å². The summed E-state index contributed by atoms with van der Waals surface area (Å²) in [5.41, 5.74) is 9.06. The predicted octanol–water partition coefficient (Wildman–Crippen LogP) is 3.76. The Morgan fingerprint density at radius 3 is 2.72 bits per heavy atom. The third-order valence-corrected chi connectivity index (χ3v) is 4.35. The first-order valence-corrected chi connectivity index (χ1v) is 9.11. The van der Waals surface area contributed by atoms with Crippen molar-refractivity contribution in [2.75, 3.05) is 31.4 Å². The average Bonchev–Trinajstić information content (AvgIpc) is 2.61. The van der Waals surface area contributed by atoms with Crippen LogP contribution in [0.3, 0.4) is 0 Å². The fraction of sp³-hybridized carbons (Fsp3) is 0.211. The van der Waals surface area contributed by atoms with Crippen molar-refractivity contribution in [1.82, 2.24) is 5.32 Å². The Bertz CT molecular complexity index is 792. The molecule has 0 fully saturated rings. The molecular formula is C19H22FN3OS. The highest BCUT2D eigenvalue weighted by Gasteiger charge is 2.16. The Hall–Kier alpha value is -2.47. The molecule has 0 aromatic heterocycles. The molecule has 0 unspecified atom stereocenters. The van der Waals surface area contributed by atoms with Crippen LogP contribution >= 0.6 is 11.8 Å². The number of halogens is 1. The minimum atomic E-state index is -0.396. The molecule has 0 bridgehead atoms. The van der Waals surface area contributed by atoms with Crippen molar-refractivity contribution in [1.29, 1.82) is 5.41 Å². The summed E-state index contributed by atoms with van der Waals surface area (Å²) in [7, 11) is 1.52. The van der Waals surface area contributed by atoms with Gasteiger partial charge in [-0.1, -0.05) is 18.7 Å². The van der Waals surface area contributed by atoms with E-state index in [9.17, 15) is 4.39 Å². The predicted molar refractivity (Wildman–Crippen MR) is 105 cm³/mol. The van der Waals surface area contributed by atoms with Crippen molar-refractivity contribution in [2.45, 2.75) is 0 Å². The molecule has 0 saturated carbocycles. The van der Waals surface area contributed by atoms with Crippen LogP contribution in [-0.2, 0) is 0 Å². The van der Waals surface area contributed by atoms with E-state index in [-0.39, 0.29) is 5.71 Å².